The third-order valence-electron chi connectivity index (χ3n) is 4.96. The van der Waals surface area contributed by atoms with Crippen LogP contribution in [-0.4, -0.2) is 27.6 Å². The molecule has 0 unspecified atom stereocenters. The molecule has 3 rings (SSSR count). The van der Waals surface area contributed by atoms with Gasteiger partial charge >= 0.3 is 0 Å². The van der Waals surface area contributed by atoms with E-state index in [1.807, 2.05) is 55.8 Å². The van der Waals surface area contributed by atoms with Gasteiger partial charge in [-0.1, -0.05) is 18.2 Å². The van der Waals surface area contributed by atoms with Crippen LogP contribution >= 0.6 is 0 Å². The molecule has 0 aliphatic heterocycles. The summed E-state index contributed by atoms with van der Waals surface area (Å²) in [6.45, 7) is 8.64. The first kappa shape index (κ1) is 22.7. The maximum atomic E-state index is 12.8. The number of nitrogens with one attached hydrogen (secondary N) is 3. The SMILES string of the molecule is CCn1nc(C)c(CN=C(NC(=O)c2ccc(NC(C)=O)cc2)Nc2ccccc2)c1C. The molecule has 3 aromatic rings. The van der Waals surface area contributed by atoms with Crippen LogP contribution in [0.4, 0.5) is 11.4 Å². The number of anilines is 2. The topological polar surface area (TPSA) is 100 Å². The van der Waals surface area contributed by atoms with Gasteiger partial charge in [0.25, 0.3) is 5.91 Å². The highest BCUT2D eigenvalue weighted by molar-refractivity contribution is 6.10. The molecule has 0 saturated heterocycles. The van der Waals surface area contributed by atoms with Gasteiger partial charge in [-0.2, -0.15) is 5.10 Å². The molecule has 0 aliphatic carbocycles. The van der Waals surface area contributed by atoms with Crippen molar-refractivity contribution in [2.45, 2.75) is 40.8 Å². The highest BCUT2D eigenvalue weighted by Crippen LogP contribution is 2.15. The first-order chi connectivity index (χ1) is 15.4. The van der Waals surface area contributed by atoms with Crippen molar-refractivity contribution in [2.24, 2.45) is 4.99 Å². The van der Waals surface area contributed by atoms with Gasteiger partial charge in [0.15, 0.2) is 0 Å². The number of aryl methyl sites for hydroxylation is 2. The smallest absolute Gasteiger partial charge is 0.257 e. The van der Waals surface area contributed by atoms with Gasteiger partial charge in [0, 0.05) is 41.7 Å². The number of hydrogen-bond donors (Lipinski definition) is 3. The van der Waals surface area contributed by atoms with E-state index < -0.39 is 0 Å². The standard InChI is InChI=1S/C24H28N6O2/c1-5-30-17(3)22(16(2)29-30)15-25-24(27-20-9-7-6-8-10-20)28-23(32)19-11-13-21(14-12-19)26-18(4)31/h6-14H,5,15H2,1-4H3,(H,26,31)(H2,25,27,28,32). The normalized spacial score (nSPS) is 11.2. The molecule has 0 bridgehead atoms. The molecular formula is C24H28N6O2. The number of amides is 2. The van der Waals surface area contributed by atoms with Crippen molar-refractivity contribution in [3.8, 4) is 0 Å². The lowest BCUT2D eigenvalue weighted by Gasteiger charge is -2.12. The molecule has 8 nitrogen and oxygen atoms in total. The van der Waals surface area contributed by atoms with Gasteiger partial charge in [0.2, 0.25) is 11.9 Å². The van der Waals surface area contributed by atoms with Crippen LogP contribution in [0.1, 0.15) is 41.2 Å². The fourth-order valence-electron chi connectivity index (χ4n) is 3.29. The fourth-order valence-corrected chi connectivity index (χ4v) is 3.29. The van der Waals surface area contributed by atoms with E-state index in [0.29, 0.717) is 23.8 Å². The van der Waals surface area contributed by atoms with Crippen LogP contribution in [0, 0.1) is 13.8 Å². The number of aromatic nitrogens is 2. The van der Waals surface area contributed by atoms with Gasteiger partial charge in [0.1, 0.15) is 0 Å². The third kappa shape index (κ3) is 5.81. The number of carbonyl (C=O) groups excluding carboxylic acids is 2. The molecule has 1 heterocycles. The van der Waals surface area contributed by atoms with Crippen LogP contribution < -0.4 is 16.0 Å². The van der Waals surface area contributed by atoms with E-state index in [1.54, 1.807) is 24.3 Å². The summed E-state index contributed by atoms with van der Waals surface area (Å²) >= 11 is 0. The van der Waals surface area contributed by atoms with Gasteiger partial charge in [-0.3, -0.25) is 19.6 Å². The van der Waals surface area contributed by atoms with Crippen molar-refractivity contribution in [1.29, 1.82) is 0 Å². The Bertz CT molecular complexity index is 1120. The molecule has 0 spiro atoms. The van der Waals surface area contributed by atoms with Crippen LogP contribution in [0.2, 0.25) is 0 Å². The van der Waals surface area contributed by atoms with Crippen LogP contribution in [0.25, 0.3) is 0 Å². The van der Waals surface area contributed by atoms with E-state index >= 15 is 0 Å². The van der Waals surface area contributed by atoms with E-state index in [9.17, 15) is 9.59 Å². The van der Waals surface area contributed by atoms with Crippen LogP contribution in [0.5, 0.6) is 0 Å². The lowest BCUT2D eigenvalue weighted by atomic mass is 10.2. The third-order valence-corrected chi connectivity index (χ3v) is 4.96. The molecule has 166 valence electrons. The van der Waals surface area contributed by atoms with Crippen LogP contribution in [-0.2, 0) is 17.9 Å². The minimum atomic E-state index is -0.306. The molecule has 1 aromatic heterocycles. The van der Waals surface area contributed by atoms with Gasteiger partial charge < -0.3 is 10.6 Å². The molecule has 8 heteroatoms. The first-order valence-corrected chi connectivity index (χ1v) is 10.5. The number of rotatable bonds is 6. The molecule has 0 atom stereocenters. The summed E-state index contributed by atoms with van der Waals surface area (Å²) in [6, 6.07) is 16.2. The Morgan fingerprint density at radius 1 is 0.969 bits per heavy atom. The highest BCUT2D eigenvalue weighted by atomic mass is 16.2. The Balaban J connectivity index is 1.81. The number of carbonyl (C=O) groups is 2. The second kappa shape index (κ2) is 10.4. The van der Waals surface area contributed by atoms with Crippen molar-refractivity contribution < 1.29 is 9.59 Å². The first-order valence-electron chi connectivity index (χ1n) is 10.5. The van der Waals surface area contributed by atoms with Gasteiger partial charge in [-0.25, -0.2) is 4.99 Å². The molecule has 2 amide bonds. The summed E-state index contributed by atoms with van der Waals surface area (Å²) in [6.07, 6.45) is 0. The van der Waals surface area contributed by atoms with Crippen molar-refractivity contribution >= 4 is 29.1 Å². The molecule has 0 aliphatic rings. The Labute approximate surface area is 187 Å². The summed E-state index contributed by atoms with van der Waals surface area (Å²) in [5, 5.41) is 13.3. The number of aliphatic imine (C=N–C) groups is 1. The monoisotopic (exact) mass is 432 g/mol. The average molecular weight is 433 g/mol. The number of guanidine groups is 1. The average Bonchev–Trinajstić information content (AvgIpc) is 3.05. The zero-order chi connectivity index (χ0) is 23.1. The van der Waals surface area contributed by atoms with E-state index in [4.69, 9.17) is 0 Å². The number of para-hydroxylation sites is 1. The van der Waals surface area contributed by atoms with Crippen molar-refractivity contribution in [3.05, 3.63) is 77.1 Å². The highest BCUT2D eigenvalue weighted by Gasteiger charge is 2.13. The van der Waals surface area contributed by atoms with Crippen molar-refractivity contribution in [3.63, 3.8) is 0 Å². The largest absolute Gasteiger partial charge is 0.326 e. The molecular weight excluding hydrogens is 404 g/mol. The van der Waals surface area contributed by atoms with E-state index in [0.717, 1.165) is 29.2 Å². The predicted octanol–water partition coefficient (Wildman–Crippen LogP) is 3.88. The minimum Gasteiger partial charge on any atom is -0.326 e. The molecule has 3 N–H and O–H groups in total. The van der Waals surface area contributed by atoms with Gasteiger partial charge in [-0.05, 0) is 57.2 Å². The summed E-state index contributed by atoms with van der Waals surface area (Å²) < 4.78 is 1.94. The fraction of sp³-hybridized carbons (Fsp3) is 0.250. The van der Waals surface area contributed by atoms with Crippen LogP contribution in [0.3, 0.4) is 0 Å². The van der Waals surface area contributed by atoms with Gasteiger partial charge in [-0.15, -0.1) is 0 Å². The number of benzene rings is 2. The van der Waals surface area contributed by atoms with E-state index in [1.165, 1.54) is 6.92 Å². The summed E-state index contributed by atoms with van der Waals surface area (Å²) in [5.41, 5.74) is 4.91. The maximum Gasteiger partial charge on any atom is 0.257 e. The Morgan fingerprint density at radius 2 is 1.62 bits per heavy atom. The van der Waals surface area contributed by atoms with Crippen molar-refractivity contribution in [1.82, 2.24) is 15.1 Å². The van der Waals surface area contributed by atoms with Crippen LogP contribution in [0.15, 0.2) is 59.6 Å². The molecule has 0 radical (unpaired) electrons. The van der Waals surface area contributed by atoms with E-state index in [2.05, 4.69) is 26.0 Å². The lowest BCUT2D eigenvalue weighted by Crippen LogP contribution is -2.36. The van der Waals surface area contributed by atoms with Gasteiger partial charge in [0.05, 0.1) is 12.2 Å². The maximum absolute atomic E-state index is 12.8. The number of hydrogen-bond acceptors (Lipinski definition) is 4. The lowest BCUT2D eigenvalue weighted by molar-refractivity contribution is -0.114. The second-order valence-corrected chi connectivity index (χ2v) is 7.33. The quantitative estimate of drug-likeness (QED) is 0.406. The van der Waals surface area contributed by atoms with E-state index in [-0.39, 0.29) is 11.8 Å². The Morgan fingerprint density at radius 3 is 2.22 bits per heavy atom. The molecule has 0 fully saturated rings. The second-order valence-electron chi connectivity index (χ2n) is 7.33. The summed E-state index contributed by atoms with van der Waals surface area (Å²) in [4.78, 5) is 28.7. The molecule has 32 heavy (non-hydrogen) atoms. The minimum absolute atomic E-state index is 0.166. The summed E-state index contributed by atoms with van der Waals surface area (Å²) in [7, 11) is 0. The van der Waals surface area contributed by atoms with Crippen molar-refractivity contribution in [2.75, 3.05) is 10.6 Å². The zero-order valence-corrected chi connectivity index (χ0v) is 18.8. The molecule has 2 aromatic carbocycles. The predicted molar refractivity (Wildman–Crippen MR) is 127 cm³/mol. The Hall–Kier alpha value is -3.94. The summed E-state index contributed by atoms with van der Waals surface area (Å²) in [5.74, 6) is -0.130. The molecule has 0 saturated carbocycles. The zero-order valence-electron chi connectivity index (χ0n) is 18.8. The number of nitrogens with zero attached hydrogens (tertiary/aromatic N) is 3. The Kier molecular flexibility index (Phi) is 7.38.